The number of ether oxygens (including phenoxy) is 1. The van der Waals surface area contributed by atoms with E-state index in [0.717, 1.165) is 4.47 Å². The van der Waals surface area contributed by atoms with Crippen LogP contribution < -0.4 is 10.1 Å². The Bertz CT molecular complexity index is 584. The highest BCUT2D eigenvalue weighted by Gasteiger charge is 2.14. The lowest BCUT2D eigenvalue weighted by molar-refractivity contribution is -0.122. The second-order valence-corrected chi connectivity index (χ2v) is 5.13. The van der Waals surface area contributed by atoms with E-state index in [1.54, 1.807) is 19.1 Å². The van der Waals surface area contributed by atoms with Crippen molar-refractivity contribution in [2.75, 3.05) is 5.32 Å². The first kappa shape index (κ1) is 14.5. The van der Waals surface area contributed by atoms with Gasteiger partial charge in [-0.05, 0) is 55.5 Å². The third-order valence-electron chi connectivity index (χ3n) is 2.61. The number of rotatable bonds is 4. The van der Waals surface area contributed by atoms with E-state index in [1.165, 1.54) is 24.3 Å². The maximum Gasteiger partial charge on any atom is 0.265 e. The molecule has 0 spiro atoms. The average Bonchev–Trinajstić information content (AvgIpc) is 2.44. The number of nitrogens with one attached hydrogen (secondary N) is 1. The lowest BCUT2D eigenvalue weighted by Crippen LogP contribution is -2.30. The van der Waals surface area contributed by atoms with Gasteiger partial charge in [0, 0.05) is 10.2 Å². The standard InChI is InChI=1S/C15H13BrFNO2/c1-10(20-14-8-2-11(16)3-9-14)15(19)18-13-6-4-12(17)5-7-13/h2-10H,1H3,(H,18,19). The van der Waals surface area contributed by atoms with Crippen molar-refractivity contribution in [3.05, 3.63) is 58.8 Å². The van der Waals surface area contributed by atoms with Crippen molar-refractivity contribution in [2.45, 2.75) is 13.0 Å². The van der Waals surface area contributed by atoms with Gasteiger partial charge in [0.2, 0.25) is 0 Å². The molecule has 0 heterocycles. The second-order valence-electron chi connectivity index (χ2n) is 4.21. The van der Waals surface area contributed by atoms with Gasteiger partial charge in [-0.2, -0.15) is 0 Å². The van der Waals surface area contributed by atoms with E-state index in [0.29, 0.717) is 11.4 Å². The molecule has 1 unspecified atom stereocenters. The lowest BCUT2D eigenvalue weighted by Gasteiger charge is -2.14. The molecule has 2 rings (SSSR count). The molecule has 1 N–H and O–H groups in total. The van der Waals surface area contributed by atoms with Crippen molar-refractivity contribution in [3.8, 4) is 5.75 Å². The lowest BCUT2D eigenvalue weighted by atomic mass is 10.3. The number of anilines is 1. The van der Waals surface area contributed by atoms with Crippen LogP contribution in [0.3, 0.4) is 0 Å². The second kappa shape index (κ2) is 6.52. The summed E-state index contributed by atoms with van der Waals surface area (Å²) in [5.74, 6) is -0.0309. The molecule has 0 bridgehead atoms. The van der Waals surface area contributed by atoms with Gasteiger partial charge in [-0.15, -0.1) is 0 Å². The first-order chi connectivity index (χ1) is 9.54. The molecule has 0 aliphatic heterocycles. The summed E-state index contributed by atoms with van der Waals surface area (Å²) < 4.78 is 19.2. The predicted octanol–water partition coefficient (Wildman–Crippen LogP) is 3.99. The first-order valence-electron chi connectivity index (χ1n) is 6.03. The molecular weight excluding hydrogens is 325 g/mol. The normalized spacial score (nSPS) is 11.8. The average molecular weight is 338 g/mol. The van der Waals surface area contributed by atoms with Crippen LogP contribution in [0, 0.1) is 5.82 Å². The minimum atomic E-state index is -0.652. The molecule has 5 heteroatoms. The number of hydrogen-bond donors (Lipinski definition) is 1. The van der Waals surface area contributed by atoms with E-state index in [1.807, 2.05) is 12.1 Å². The first-order valence-corrected chi connectivity index (χ1v) is 6.82. The van der Waals surface area contributed by atoms with Crippen LogP contribution in [0.5, 0.6) is 5.75 Å². The number of hydrogen-bond acceptors (Lipinski definition) is 2. The molecule has 0 fully saturated rings. The van der Waals surface area contributed by atoms with E-state index in [-0.39, 0.29) is 11.7 Å². The van der Waals surface area contributed by atoms with Crippen LogP contribution in [-0.2, 0) is 4.79 Å². The van der Waals surface area contributed by atoms with Gasteiger partial charge in [0.05, 0.1) is 0 Å². The smallest absolute Gasteiger partial charge is 0.265 e. The third kappa shape index (κ3) is 4.06. The van der Waals surface area contributed by atoms with Gasteiger partial charge in [-0.1, -0.05) is 15.9 Å². The van der Waals surface area contributed by atoms with E-state index >= 15 is 0 Å². The molecule has 0 aromatic heterocycles. The van der Waals surface area contributed by atoms with Crippen molar-refractivity contribution < 1.29 is 13.9 Å². The molecule has 2 aromatic rings. The Hall–Kier alpha value is -1.88. The van der Waals surface area contributed by atoms with Crippen molar-refractivity contribution in [1.29, 1.82) is 0 Å². The number of halogens is 2. The van der Waals surface area contributed by atoms with Crippen molar-refractivity contribution in [3.63, 3.8) is 0 Å². The monoisotopic (exact) mass is 337 g/mol. The summed E-state index contributed by atoms with van der Waals surface area (Å²) in [6.45, 7) is 1.65. The van der Waals surface area contributed by atoms with Gasteiger partial charge in [0.25, 0.3) is 5.91 Å². The Morgan fingerprint density at radius 2 is 1.75 bits per heavy atom. The van der Waals surface area contributed by atoms with Crippen molar-refractivity contribution in [2.24, 2.45) is 0 Å². The fourth-order valence-corrected chi connectivity index (χ4v) is 1.81. The third-order valence-corrected chi connectivity index (χ3v) is 3.14. The van der Waals surface area contributed by atoms with E-state index in [9.17, 15) is 9.18 Å². The van der Waals surface area contributed by atoms with E-state index < -0.39 is 6.10 Å². The number of benzene rings is 2. The largest absolute Gasteiger partial charge is 0.481 e. The molecule has 0 saturated carbocycles. The fraction of sp³-hybridized carbons (Fsp3) is 0.133. The maximum atomic E-state index is 12.8. The Morgan fingerprint density at radius 3 is 2.35 bits per heavy atom. The quantitative estimate of drug-likeness (QED) is 0.915. The molecule has 20 heavy (non-hydrogen) atoms. The minimum absolute atomic E-state index is 0.292. The predicted molar refractivity (Wildman–Crippen MR) is 79.3 cm³/mol. The topological polar surface area (TPSA) is 38.3 Å². The van der Waals surface area contributed by atoms with Crippen LogP contribution in [-0.4, -0.2) is 12.0 Å². The Labute approximate surface area is 124 Å². The van der Waals surface area contributed by atoms with Gasteiger partial charge in [-0.25, -0.2) is 4.39 Å². The molecule has 0 aliphatic rings. The highest BCUT2D eigenvalue weighted by atomic mass is 79.9. The zero-order valence-electron chi connectivity index (χ0n) is 10.8. The summed E-state index contributed by atoms with van der Waals surface area (Å²) in [5, 5.41) is 2.66. The molecule has 3 nitrogen and oxygen atoms in total. The molecule has 104 valence electrons. The van der Waals surface area contributed by atoms with Crippen LogP contribution in [0.15, 0.2) is 53.0 Å². The van der Waals surface area contributed by atoms with Crippen LogP contribution in [0.1, 0.15) is 6.92 Å². The van der Waals surface area contributed by atoms with Gasteiger partial charge in [0.1, 0.15) is 11.6 Å². The minimum Gasteiger partial charge on any atom is -0.481 e. The van der Waals surface area contributed by atoms with Gasteiger partial charge >= 0.3 is 0 Å². The van der Waals surface area contributed by atoms with Crippen LogP contribution >= 0.6 is 15.9 Å². The summed E-state index contributed by atoms with van der Waals surface area (Å²) >= 11 is 3.33. The number of amides is 1. The van der Waals surface area contributed by atoms with Gasteiger partial charge in [-0.3, -0.25) is 4.79 Å². The molecule has 0 aliphatic carbocycles. The molecular formula is C15H13BrFNO2. The van der Waals surface area contributed by atoms with E-state index in [4.69, 9.17) is 4.74 Å². The fourth-order valence-electron chi connectivity index (χ4n) is 1.55. The molecule has 1 atom stereocenters. The number of carbonyl (C=O) groups excluding carboxylic acids is 1. The van der Waals surface area contributed by atoms with E-state index in [2.05, 4.69) is 21.2 Å². The Balaban J connectivity index is 1.94. The zero-order valence-corrected chi connectivity index (χ0v) is 12.4. The Kier molecular flexibility index (Phi) is 4.74. The SMILES string of the molecule is CC(Oc1ccc(Br)cc1)C(=O)Nc1ccc(F)cc1. The summed E-state index contributed by atoms with van der Waals surface area (Å²) in [5.41, 5.74) is 0.530. The Morgan fingerprint density at radius 1 is 1.15 bits per heavy atom. The summed E-state index contributed by atoms with van der Waals surface area (Å²) in [4.78, 5) is 11.9. The number of carbonyl (C=O) groups is 1. The summed E-state index contributed by atoms with van der Waals surface area (Å²) in [6.07, 6.45) is -0.652. The van der Waals surface area contributed by atoms with Gasteiger partial charge < -0.3 is 10.1 Å². The molecule has 0 saturated heterocycles. The summed E-state index contributed by atoms with van der Waals surface area (Å²) in [7, 11) is 0. The molecule has 2 aromatic carbocycles. The highest BCUT2D eigenvalue weighted by Crippen LogP contribution is 2.18. The molecule has 0 radical (unpaired) electrons. The summed E-state index contributed by atoms with van der Waals surface area (Å²) in [6, 6.07) is 12.8. The molecule has 1 amide bonds. The van der Waals surface area contributed by atoms with Crippen molar-refractivity contribution in [1.82, 2.24) is 0 Å². The van der Waals surface area contributed by atoms with Crippen molar-refractivity contribution >= 4 is 27.5 Å². The van der Waals surface area contributed by atoms with Crippen LogP contribution in [0.25, 0.3) is 0 Å². The maximum absolute atomic E-state index is 12.8. The zero-order chi connectivity index (χ0) is 14.5. The highest BCUT2D eigenvalue weighted by molar-refractivity contribution is 9.10. The van der Waals surface area contributed by atoms with Crippen LogP contribution in [0.4, 0.5) is 10.1 Å². The van der Waals surface area contributed by atoms with Crippen LogP contribution in [0.2, 0.25) is 0 Å². The van der Waals surface area contributed by atoms with Gasteiger partial charge in [0.15, 0.2) is 6.10 Å².